The number of alkyl halides is 6. The van der Waals surface area contributed by atoms with Crippen LogP contribution in [0.15, 0.2) is 47.7 Å². The van der Waals surface area contributed by atoms with E-state index < -0.39 is 41.0 Å². The first-order chi connectivity index (χ1) is 16.3. The van der Waals surface area contributed by atoms with Gasteiger partial charge < -0.3 is 14.0 Å². The van der Waals surface area contributed by atoms with Gasteiger partial charge in [0, 0.05) is 25.3 Å². The summed E-state index contributed by atoms with van der Waals surface area (Å²) in [5.41, 5.74) is -2.32. The van der Waals surface area contributed by atoms with Gasteiger partial charge in [-0.2, -0.15) is 26.3 Å². The molecular weight excluding hydrogens is 478 g/mol. The van der Waals surface area contributed by atoms with E-state index in [1.54, 1.807) is 20.0 Å². The Morgan fingerprint density at radius 2 is 1.60 bits per heavy atom. The third-order valence-electron chi connectivity index (χ3n) is 5.90. The first-order valence-electron chi connectivity index (χ1n) is 10.6. The summed E-state index contributed by atoms with van der Waals surface area (Å²) >= 11 is 0. The molecule has 0 bridgehead atoms. The van der Waals surface area contributed by atoms with Gasteiger partial charge in [-0.1, -0.05) is 0 Å². The second-order valence-electron chi connectivity index (χ2n) is 8.45. The van der Waals surface area contributed by atoms with Crippen molar-refractivity contribution in [3.8, 4) is 5.69 Å². The number of pyridine rings is 1. The summed E-state index contributed by atoms with van der Waals surface area (Å²) in [5.74, 6) is -0.530. The largest absolute Gasteiger partial charge is 0.416 e. The minimum absolute atomic E-state index is 0.0717. The van der Waals surface area contributed by atoms with Crippen molar-refractivity contribution in [2.75, 3.05) is 6.54 Å². The number of benzene rings is 1. The number of rotatable bonds is 4. The average Bonchev–Trinajstić information content (AvgIpc) is 3.19. The van der Waals surface area contributed by atoms with Crippen molar-refractivity contribution < 1.29 is 31.1 Å². The lowest BCUT2D eigenvalue weighted by Gasteiger charge is -2.34. The van der Waals surface area contributed by atoms with Crippen molar-refractivity contribution in [2.24, 2.45) is 0 Å². The number of amides is 1. The van der Waals surface area contributed by atoms with Crippen molar-refractivity contribution in [3.63, 3.8) is 0 Å². The van der Waals surface area contributed by atoms with Crippen LogP contribution in [0.3, 0.4) is 0 Å². The Labute approximate surface area is 195 Å². The van der Waals surface area contributed by atoms with Crippen LogP contribution < -0.4 is 5.56 Å². The van der Waals surface area contributed by atoms with Gasteiger partial charge in [-0.25, -0.2) is 4.98 Å². The molecule has 0 fully saturated rings. The van der Waals surface area contributed by atoms with Gasteiger partial charge in [-0.15, -0.1) is 0 Å². The molecule has 1 unspecified atom stereocenters. The van der Waals surface area contributed by atoms with Gasteiger partial charge in [0.2, 0.25) is 0 Å². The van der Waals surface area contributed by atoms with Crippen LogP contribution in [0.2, 0.25) is 0 Å². The van der Waals surface area contributed by atoms with E-state index in [9.17, 15) is 35.9 Å². The molecule has 186 valence electrons. The number of fused-ring (bicyclic) bond motifs is 1. The second kappa shape index (κ2) is 8.58. The fourth-order valence-electron chi connectivity index (χ4n) is 4.19. The van der Waals surface area contributed by atoms with Crippen molar-refractivity contribution in [1.82, 2.24) is 19.0 Å². The zero-order valence-corrected chi connectivity index (χ0v) is 18.6. The van der Waals surface area contributed by atoms with E-state index in [2.05, 4.69) is 4.98 Å². The minimum Gasteiger partial charge on any atom is -0.333 e. The number of carbonyl (C=O) groups excluding carboxylic acids is 1. The predicted molar refractivity (Wildman–Crippen MR) is 113 cm³/mol. The second-order valence-corrected chi connectivity index (χ2v) is 8.45. The molecule has 0 saturated heterocycles. The molecule has 0 saturated carbocycles. The number of nitrogens with zero attached hydrogens (tertiary/aromatic N) is 4. The lowest BCUT2D eigenvalue weighted by molar-refractivity contribution is -0.143. The number of halogens is 6. The van der Waals surface area contributed by atoms with Crippen molar-refractivity contribution in [2.45, 2.75) is 45.2 Å². The van der Waals surface area contributed by atoms with Crippen LogP contribution in [-0.4, -0.2) is 37.5 Å². The van der Waals surface area contributed by atoms with Crippen LogP contribution in [0, 0.1) is 6.92 Å². The Kier molecular flexibility index (Phi) is 6.02. The predicted octanol–water partition coefficient (Wildman–Crippen LogP) is 4.47. The molecule has 3 aromatic rings. The third kappa shape index (κ3) is 4.82. The maximum absolute atomic E-state index is 13.2. The Morgan fingerprint density at radius 3 is 2.14 bits per heavy atom. The molecule has 1 atom stereocenters. The maximum atomic E-state index is 13.2. The lowest BCUT2D eigenvalue weighted by Crippen LogP contribution is -2.49. The molecular formula is C23H20F6N4O2. The van der Waals surface area contributed by atoms with E-state index in [-0.39, 0.29) is 36.8 Å². The average molecular weight is 498 g/mol. The summed E-state index contributed by atoms with van der Waals surface area (Å²) in [5, 5.41) is 0. The van der Waals surface area contributed by atoms with Gasteiger partial charge in [-0.3, -0.25) is 9.59 Å². The van der Waals surface area contributed by atoms with Gasteiger partial charge in [-0.05, 0) is 56.2 Å². The fraction of sp³-hybridized carbons (Fsp3) is 0.348. The summed E-state index contributed by atoms with van der Waals surface area (Å²) in [6.45, 7) is 3.51. The zero-order valence-electron chi connectivity index (χ0n) is 18.6. The van der Waals surface area contributed by atoms with Crippen LogP contribution in [0.5, 0.6) is 0 Å². The quantitative estimate of drug-likeness (QED) is 0.499. The number of aryl methyl sites for hydroxylation is 1. The third-order valence-corrected chi connectivity index (χ3v) is 5.90. The topological polar surface area (TPSA) is 60.1 Å². The summed E-state index contributed by atoms with van der Waals surface area (Å²) in [7, 11) is 0. The minimum atomic E-state index is -4.95. The highest BCUT2D eigenvalue weighted by molar-refractivity contribution is 5.93. The fourth-order valence-corrected chi connectivity index (χ4v) is 4.19. The van der Waals surface area contributed by atoms with E-state index in [0.717, 1.165) is 0 Å². The first kappa shape index (κ1) is 24.6. The van der Waals surface area contributed by atoms with Crippen LogP contribution in [0.4, 0.5) is 26.3 Å². The Balaban J connectivity index is 1.61. The van der Waals surface area contributed by atoms with Crippen LogP contribution in [0.1, 0.15) is 39.8 Å². The smallest absolute Gasteiger partial charge is 0.333 e. The molecule has 12 heteroatoms. The van der Waals surface area contributed by atoms with E-state index in [0.29, 0.717) is 23.5 Å². The standard InChI is InChI=1S/C23H20F6N4O2/c1-13-11-31(12-30-13)18-3-4-19-21(35)32(5-6-33(19)20(18)34)14(2)7-15-8-16(22(24,25)26)10-17(9-15)23(27,28)29/h3-4,8-12,14H,5-7H2,1-2H3. The SMILES string of the molecule is Cc1cn(-c2ccc3n(c2=O)CCN(C(C)Cc2cc(C(F)(F)F)cc(C(F)(F)F)c2)C3=O)cn1. The van der Waals surface area contributed by atoms with Crippen LogP contribution in [0.25, 0.3) is 5.69 Å². The monoisotopic (exact) mass is 498 g/mol. The zero-order chi connectivity index (χ0) is 25.7. The van der Waals surface area contributed by atoms with Crippen molar-refractivity contribution in [1.29, 1.82) is 0 Å². The summed E-state index contributed by atoms with van der Waals surface area (Å²) in [4.78, 5) is 31.5. The Morgan fingerprint density at radius 1 is 0.971 bits per heavy atom. The van der Waals surface area contributed by atoms with Crippen molar-refractivity contribution in [3.05, 3.63) is 81.3 Å². The molecule has 1 aromatic carbocycles. The molecule has 2 aromatic heterocycles. The molecule has 6 nitrogen and oxygen atoms in total. The number of imidazole rings is 1. The van der Waals surface area contributed by atoms with E-state index in [1.807, 2.05) is 0 Å². The highest BCUT2D eigenvalue weighted by Crippen LogP contribution is 2.36. The Hall–Kier alpha value is -3.57. The van der Waals surface area contributed by atoms with Gasteiger partial charge in [0.25, 0.3) is 11.5 Å². The van der Waals surface area contributed by atoms with Gasteiger partial charge >= 0.3 is 12.4 Å². The number of carbonyl (C=O) groups is 1. The number of hydrogen-bond donors (Lipinski definition) is 0. The number of hydrogen-bond acceptors (Lipinski definition) is 3. The van der Waals surface area contributed by atoms with Crippen LogP contribution >= 0.6 is 0 Å². The summed E-state index contributed by atoms with van der Waals surface area (Å²) in [6, 6.07) is 3.63. The molecule has 0 N–H and O–H groups in total. The summed E-state index contributed by atoms with van der Waals surface area (Å²) in [6.07, 6.45) is -7.00. The van der Waals surface area contributed by atoms with Crippen LogP contribution in [-0.2, 0) is 25.3 Å². The first-order valence-corrected chi connectivity index (χ1v) is 10.6. The molecule has 1 aliphatic rings. The maximum Gasteiger partial charge on any atom is 0.416 e. The molecule has 0 spiro atoms. The summed E-state index contributed by atoms with van der Waals surface area (Å²) < 4.78 is 81.9. The molecule has 0 radical (unpaired) electrons. The normalized spacial score (nSPS) is 15.3. The molecule has 3 heterocycles. The van der Waals surface area contributed by atoms with Gasteiger partial charge in [0.1, 0.15) is 11.4 Å². The molecule has 35 heavy (non-hydrogen) atoms. The van der Waals surface area contributed by atoms with E-state index >= 15 is 0 Å². The highest BCUT2D eigenvalue weighted by atomic mass is 19.4. The Bertz CT molecular complexity index is 1310. The molecule has 4 rings (SSSR count). The van der Waals surface area contributed by atoms with Gasteiger partial charge in [0.15, 0.2) is 0 Å². The lowest BCUT2D eigenvalue weighted by atomic mass is 9.99. The molecule has 1 amide bonds. The van der Waals surface area contributed by atoms with E-state index in [4.69, 9.17) is 0 Å². The molecule has 1 aliphatic heterocycles. The van der Waals surface area contributed by atoms with E-state index in [1.165, 1.54) is 32.5 Å². The molecule has 0 aliphatic carbocycles. The highest BCUT2D eigenvalue weighted by Gasteiger charge is 2.37. The number of aromatic nitrogens is 3. The van der Waals surface area contributed by atoms with Gasteiger partial charge in [0.05, 0.1) is 23.1 Å². The van der Waals surface area contributed by atoms with Crippen molar-refractivity contribution >= 4 is 5.91 Å².